The van der Waals surface area contributed by atoms with Crippen LogP contribution in [0.4, 0.5) is 4.39 Å². The predicted octanol–water partition coefficient (Wildman–Crippen LogP) is 3.82. The zero-order chi connectivity index (χ0) is 12.8. The van der Waals surface area contributed by atoms with Crippen molar-refractivity contribution in [3.8, 4) is 5.75 Å². The summed E-state index contributed by atoms with van der Waals surface area (Å²) < 4.78 is 19.3. The number of hydrogen-bond donors (Lipinski definition) is 1. The van der Waals surface area contributed by atoms with E-state index in [4.69, 9.17) is 4.74 Å². The second-order valence-corrected chi connectivity index (χ2v) is 5.57. The van der Waals surface area contributed by atoms with Crippen LogP contribution in [0.15, 0.2) is 40.2 Å². The lowest BCUT2D eigenvalue weighted by Crippen LogP contribution is -2.20. The Bertz CT molecular complexity index is 490. The Morgan fingerprint density at radius 1 is 1.33 bits per heavy atom. The molecule has 0 fully saturated rings. The van der Waals surface area contributed by atoms with Gasteiger partial charge >= 0.3 is 0 Å². The molecule has 18 heavy (non-hydrogen) atoms. The summed E-state index contributed by atoms with van der Waals surface area (Å²) in [7, 11) is 0. The van der Waals surface area contributed by atoms with Gasteiger partial charge in [-0.3, -0.25) is 0 Å². The fourth-order valence-electron chi connectivity index (χ4n) is 1.45. The molecule has 2 nitrogen and oxygen atoms in total. The highest BCUT2D eigenvalue weighted by molar-refractivity contribution is 9.10. The van der Waals surface area contributed by atoms with Gasteiger partial charge in [0.15, 0.2) is 0 Å². The van der Waals surface area contributed by atoms with Crippen molar-refractivity contribution in [2.45, 2.75) is 6.54 Å². The van der Waals surface area contributed by atoms with Crippen LogP contribution in [-0.2, 0) is 6.54 Å². The van der Waals surface area contributed by atoms with Gasteiger partial charge in [-0.2, -0.15) is 0 Å². The van der Waals surface area contributed by atoms with Gasteiger partial charge in [-0.15, -0.1) is 11.3 Å². The molecule has 5 heteroatoms. The van der Waals surface area contributed by atoms with Crippen molar-refractivity contribution in [2.75, 3.05) is 13.2 Å². The van der Waals surface area contributed by atoms with Gasteiger partial charge in [-0.25, -0.2) is 4.39 Å². The number of nitrogens with one attached hydrogen (secondary N) is 1. The molecular formula is C13H13BrFNOS. The molecule has 1 N–H and O–H groups in total. The standard InChI is InChI=1S/C13H13BrFNOS/c14-12-4-3-10(15)8-13(12)17-6-5-16-9-11-2-1-7-18-11/h1-4,7-8,16H,5-6,9H2. The number of halogens is 2. The van der Waals surface area contributed by atoms with Gasteiger partial charge in [0.2, 0.25) is 0 Å². The van der Waals surface area contributed by atoms with Gasteiger partial charge in [-0.1, -0.05) is 6.07 Å². The molecule has 0 saturated heterocycles. The largest absolute Gasteiger partial charge is 0.491 e. The molecule has 2 rings (SSSR count). The highest BCUT2D eigenvalue weighted by atomic mass is 79.9. The highest BCUT2D eigenvalue weighted by Crippen LogP contribution is 2.25. The van der Waals surface area contributed by atoms with Gasteiger partial charge in [0.05, 0.1) is 4.47 Å². The molecule has 0 aliphatic heterocycles. The Morgan fingerprint density at radius 2 is 2.22 bits per heavy atom. The average molecular weight is 330 g/mol. The first-order valence-corrected chi connectivity index (χ1v) is 7.24. The number of rotatable bonds is 6. The van der Waals surface area contributed by atoms with E-state index >= 15 is 0 Å². The van der Waals surface area contributed by atoms with Gasteiger partial charge in [0, 0.05) is 24.0 Å². The van der Waals surface area contributed by atoms with Gasteiger partial charge in [0.25, 0.3) is 0 Å². The van der Waals surface area contributed by atoms with Crippen LogP contribution in [0, 0.1) is 5.82 Å². The van der Waals surface area contributed by atoms with Crippen molar-refractivity contribution < 1.29 is 9.13 Å². The third-order valence-corrected chi connectivity index (χ3v) is 3.84. The molecule has 96 valence electrons. The van der Waals surface area contributed by atoms with Gasteiger partial charge in [0.1, 0.15) is 18.2 Å². The lowest BCUT2D eigenvalue weighted by molar-refractivity contribution is 0.310. The summed E-state index contributed by atoms with van der Waals surface area (Å²) in [6, 6.07) is 8.53. The highest BCUT2D eigenvalue weighted by Gasteiger charge is 2.02. The quantitative estimate of drug-likeness (QED) is 0.813. The molecule has 0 radical (unpaired) electrons. The summed E-state index contributed by atoms with van der Waals surface area (Å²) >= 11 is 5.04. The van der Waals surface area contributed by atoms with Crippen molar-refractivity contribution in [3.05, 3.63) is 50.9 Å². The number of hydrogen-bond acceptors (Lipinski definition) is 3. The van der Waals surface area contributed by atoms with E-state index in [0.29, 0.717) is 12.4 Å². The summed E-state index contributed by atoms with van der Waals surface area (Å²) in [5.41, 5.74) is 0. The zero-order valence-electron chi connectivity index (χ0n) is 9.66. The maximum Gasteiger partial charge on any atom is 0.136 e. The SMILES string of the molecule is Fc1ccc(Br)c(OCCNCc2cccs2)c1. The molecule has 1 aromatic carbocycles. The smallest absolute Gasteiger partial charge is 0.136 e. The fraction of sp³-hybridized carbons (Fsp3) is 0.231. The van der Waals surface area contributed by atoms with Crippen molar-refractivity contribution in [1.82, 2.24) is 5.32 Å². The lowest BCUT2D eigenvalue weighted by atomic mass is 10.3. The Balaban J connectivity index is 1.70. The molecule has 0 saturated carbocycles. The van der Waals surface area contributed by atoms with Crippen molar-refractivity contribution >= 4 is 27.3 Å². The normalized spacial score (nSPS) is 10.6. The molecule has 0 aliphatic rings. The molecule has 0 bridgehead atoms. The van der Waals surface area contributed by atoms with Crippen LogP contribution in [0.1, 0.15) is 4.88 Å². The minimum Gasteiger partial charge on any atom is -0.491 e. The number of thiophene rings is 1. The van der Waals surface area contributed by atoms with E-state index in [1.54, 1.807) is 17.4 Å². The first kappa shape index (κ1) is 13.5. The van der Waals surface area contributed by atoms with E-state index in [1.807, 2.05) is 6.07 Å². The van der Waals surface area contributed by atoms with Crippen molar-refractivity contribution in [3.63, 3.8) is 0 Å². The summed E-state index contributed by atoms with van der Waals surface area (Å²) in [6.45, 7) is 2.07. The van der Waals surface area contributed by atoms with Crippen molar-refractivity contribution in [1.29, 1.82) is 0 Å². The second kappa shape index (κ2) is 6.87. The molecule has 0 aliphatic carbocycles. The topological polar surface area (TPSA) is 21.3 Å². The van der Waals surface area contributed by atoms with E-state index in [-0.39, 0.29) is 5.82 Å². The van der Waals surface area contributed by atoms with Crippen LogP contribution in [0.2, 0.25) is 0 Å². The minimum absolute atomic E-state index is 0.292. The van der Waals surface area contributed by atoms with E-state index in [9.17, 15) is 4.39 Å². The van der Waals surface area contributed by atoms with Crippen LogP contribution in [0.3, 0.4) is 0 Å². The van der Waals surface area contributed by atoms with Crippen LogP contribution in [0.25, 0.3) is 0 Å². The molecule has 1 aromatic heterocycles. The van der Waals surface area contributed by atoms with Gasteiger partial charge < -0.3 is 10.1 Å². The molecule has 0 spiro atoms. The maximum absolute atomic E-state index is 13.0. The van der Waals surface area contributed by atoms with E-state index < -0.39 is 0 Å². The molecular weight excluding hydrogens is 317 g/mol. The molecule has 2 aromatic rings. The van der Waals surface area contributed by atoms with Crippen LogP contribution >= 0.6 is 27.3 Å². The average Bonchev–Trinajstić information content (AvgIpc) is 2.86. The Labute approximate surface area is 118 Å². The Hall–Kier alpha value is -0.910. The van der Waals surface area contributed by atoms with E-state index in [1.165, 1.54) is 17.0 Å². The number of ether oxygens (including phenoxy) is 1. The summed E-state index contributed by atoms with van der Waals surface area (Å²) in [5, 5.41) is 5.32. The Kier molecular flexibility index (Phi) is 5.16. The summed E-state index contributed by atoms with van der Waals surface area (Å²) in [5.74, 6) is 0.243. The summed E-state index contributed by atoms with van der Waals surface area (Å²) in [4.78, 5) is 1.29. The first-order chi connectivity index (χ1) is 8.75. The predicted molar refractivity (Wildman–Crippen MR) is 75.6 cm³/mol. The van der Waals surface area contributed by atoms with Crippen LogP contribution < -0.4 is 10.1 Å². The maximum atomic E-state index is 13.0. The molecule has 0 amide bonds. The molecule has 1 heterocycles. The van der Waals surface area contributed by atoms with Gasteiger partial charge in [-0.05, 0) is 39.5 Å². The monoisotopic (exact) mass is 329 g/mol. The van der Waals surface area contributed by atoms with Crippen molar-refractivity contribution in [2.24, 2.45) is 0 Å². The minimum atomic E-state index is -0.292. The fourth-order valence-corrected chi connectivity index (χ4v) is 2.48. The first-order valence-electron chi connectivity index (χ1n) is 5.56. The Morgan fingerprint density at radius 3 is 3.00 bits per heavy atom. The van der Waals surface area contributed by atoms with Crippen LogP contribution in [-0.4, -0.2) is 13.2 Å². The van der Waals surface area contributed by atoms with Crippen LogP contribution in [0.5, 0.6) is 5.75 Å². The third kappa shape index (κ3) is 4.08. The zero-order valence-corrected chi connectivity index (χ0v) is 12.1. The van der Waals surface area contributed by atoms with E-state index in [2.05, 4.69) is 32.7 Å². The molecule has 0 unspecified atom stereocenters. The summed E-state index contributed by atoms with van der Waals surface area (Å²) in [6.07, 6.45) is 0. The second-order valence-electron chi connectivity index (χ2n) is 3.68. The number of benzene rings is 1. The third-order valence-electron chi connectivity index (χ3n) is 2.31. The van der Waals surface area contributed by atoms with E-state index in [0.717, 1.165) is 17.6 Å². The lowest BCUT2D eigenvalue weighted by Gasteiger charge is -2.08. The molecule has 0 atom stereocenters.